The van der Waals surface area contributed by atoms with Gasteiger partial charge in [0.2, 0.25) is 5.91 Å². The van der Waals surface area contributed by atoms with Gasteiger partial charge < -0.3 is 25.2 Å². The highest BCUT2D eigenvalue weighted by Gasteiger charge is 2.27. The van der Waals surface area contributed by atoms with Gasteiger partial charge in [-0.05, 0) is 45.1 Å². The third-order valence-corrected chi connectivity index (χ3v) is 4.80. The number of ether oxygens (including phenoxy) is 1. The third kappa shape index (κ3) is 9.07. The first-order chi connectivity index (χ1) is 13.9. The van der Waals surface area contributed by atoms with Crippen LogP contribution in [0.3, 0.4) is 0 Å². The molecule has 8 heteroatoms. The van der Waals surface area contributed by atoms with Gasteiger partial charge in [0.05, 0.1) is 6.54 Å². The van der Waals surface area contributed by atoms with E-state index in [1.165, 1.54) is 0 Å². The molecule has 0 radical (unpaired) electrons. The Morgan fingerprint density at radius 1 is 1.37 bits per heavy atom. The molecule has 1 aromatic carbocycles. The first-order valence-corrected chi connectivity index (χ1v) is 10.6. The lowest BCUT2D eigenvalue weighted by Gasteiger charge is -2.20. The molecule has 7 nitrogen and oxygen atoms in total. The van der Waals surface area contributed by atoms with E-state index in [0.29, 0.717) is 13.2 Å². The molecule has 1 aliphatic heterocycles. The molecular weight excluding hydrogens is 493 g/mol. The monoisotopic (exact) mass is 531 g/mol. The van der Waals surface area contributed by atoms with Gasteiger partial charge in [0.15, 0.2) is 5.96 Å². The molecule has 1 unspecified atom stereocenters. The van der Waals surface area contributed by atoms with E-state index in [2.05, 4.69) is 28.5 Å². The fourth-order valence-corrected chi connectivity index (χ4v) is 3.21. The molecule has 1 saturated heterocycles. The summed E-state index contributed by atoms with van der Waals surface area (Å²) in [6, 6.07) is 8.32. The zero-order chi connectivity index (χ0) is 21.2. The maximum atomic E-state index is 12.2. The SMILES string of the molecule is CCNC(=NCc1cccc(OCCN(C)C)c1)NC1CCN(C(=O)C(C)C)C1.I. The van der Waals surface area contributed by atoms with Crippen LogP contribution in [0, 0.1) is 5.92 Å². The van der Waals surface area contributed by atoms with Crippen LogP contribution in [0.15, 0.2) is 29.3 Å². The molecule has 1 heterocycles. The van der Waals surface area contributed by atoms with Crippen molar-refractivity contribution >= 4 is 35.8 Å². The number of likely N-dealkylation sites (tertiary alicyclic amines) is 1. The predicted molar refractivity (Wildman–Crippen MR) is 134 cm³/mol. The summed E-state index contributed by atoms with van der Waals surface area (Å²) in [5, 5.41) is 6.79. The Hall–Kier alpha value is -1.55. The van der Waals surface area contributed by atoms with Crippen molar-refractivity contribution in [1.29, 1.82) is 0 Å². The van der Waals surface area contributed by atoms with Gasteiger partial charge >= 0.3 is 0 Å². The summed E-state index contributed by atoms with van der Waals surface area (Å²) in [7, 11) is 4.07. The average Bonchev–Trinajstić information content (AvgIpc) is 3.14. The number of carbonyl (C=O) groups is 1. The van der Waals surface area contributed by atoms with Gasteiger partial charge in [-0.1, -0.05) is 26.0 Å². The predicted octanol–water partition coefficient (Wildman–Crippen LogP) is 2.56. The molecule has 0 aliphatic carbocycles. The lowest BCUT2D eigenvalue weighted by Crippen LogP contribution is -2.45. The van der Waals surface area contributed by atoms with E-state index in [9.17, 15) is 4.79 Å². The molecule has 30 heavy (non-hydrogen) atoms. The van der Waals surface area contributed by atoms with Crippen molar-refractivity contribution in [3.05, 3.63) is 29.8 Å². The van der Waals surface area contributed by atoms with Gasteiger partial charge in [0.1, 0.15) is 12.4 Å². The van der Waals surface area contributed by atoms with Crippen molar-refractivity contribution in [1.82, 2.24) is 20.4 Å². The average molecular weight is 531 g/mol. The van der Waals surface area contributed by atoms with Crippen LogP contribution in [0.25, 0.3) is 0 Å². The van der Waals surface area contributed by atoms with Gasteiger partial charge in [-0.2, -0.15) is 0 Å². The van der Waals surface area contributed by atoms with Gasteiger partial charge in [-0.25, -0.2) is 4.99 Å². The zero-order valence-electron chi connectivity index (χ0n) is 19.0. The largest absolute Gasteiger partial charge is 0.492 e. The van der Waals surface area contributed by atoms with E-state index < -0.39 is 0 Å². The molecule has 1 fully saturated rings. The van der Waals surface area contributed by atoms with Gasteiger partial charge in [-0.15, -0.1) is 24.0 Å². The van der Waals surface area contributed by atoms with E-state index >= 15 is 0 Å². The summed E-state index contributed by atoms with van der Waals surface area (Å²) in [4.78, 5) is 21.0. The van der Waals surface area contributed by atoms with Crippen molar-refractivity contribution in [3.63, 3.8) is 0 Å². The van der Waals surface area contributed by atoms with Crippen LogP contribution in [0.4, 0.5) is 0 Å². The summed E-state index contributed by atoms with van der Waals surface area (Å²) in [6.45, 7) is 10.4. The second-order valence-electron chi connectivity index (χ2n) is 8.06. The molecule has 1 atom stereocenters. The smallest absolute Gasteiger partial charge is 0.225 e. The number of amides is 1. The summed E-state index contributed by atoms with van der Waals surface area (Å²) < 4.78 is 5.81. The third-order valence-electron chi connectivity index (χ3n) is 4.80. The molecule has 0 bridgehead atoms. The Morgan fingerprint density at radius 2 is 2.13 bits per heavy atom. The second kappa shape index (κ2) is 13.7. The number of likely N-dealkylation sites (N-methyl/N-ethyl adjacent to an activating group) is 1. The first kappa shape index (κ1) is 26.5. The Morgan fingerprint density at radius 3 is 2.80 bits per heavy atom. The second-order valence-corrected chi connectivity index (χ2v) is 8.06. The first-order valence-electron chi connectivity index (χ1n) is 10.6. The topological polar surface area (TPSA) is 69.2 Å². The fraction of sp³-hybridized carbons (Fsp3) is 0.636. The minimum absolute atomic E-state index is 0. The molecule has 0 spiro atoms. The summed E-state index contributed by atoms with van der Waals surface area (Å²) in [5.41, 5.74) is 1.10. The number of halogens is 1. The Balaban J connectivity index is 0.00000450. The van der Waals surface area contributed by atoms with Crippen LogP contribution in [0.2, 0.25) is 0 Å². The highest BCUT2D eigenvalue weighted by molar-refractivity contribution is 14.0. The summed E-state index contributed by atoms with van der Waals surface area (Å²) in [6.07, 6.45) is 0.943. The number of hydrogen-bond acceptors (Lipinski definition) is 4. The molecule has 1 amide bonds. The van der Waals surface area contributed by atoms with E-state index in [-0.39, 0.29) is 41.8 Å². The number of carbonyl (C=O) groups excluding carboxylic acids is 1. The van der Waals surface area contributed by atoms with Crippen molar-refractivity contribution in [2.24, 2.45) is 10.9 Å². The quantitative estimate of drug-likeness (QED) is 0.291. The highest BCUT2D eigenvalue weighted by atomic mass is 127. The van der Waals surface area contributed by atoms with Crippen molar-refractivity contribution in [3.8, 4) is 5.75 Å². The van der Waals surface area contributed by atoms with Gasteiger partial charge in [0, 0.05) is 38.1 Å². The molecule has 2 N–H and O–H groups in total. The van der Waals surface area contributed by atoms with Crippen molar-refractivity contribution in [2.45, 2.75) is 39.8 Å². The normalized spacial score (nSPS) is 16.6. The minimum Gasteiger partial charge on any atom is -0.492 e. The molecular formula is C22H38IN5O2. The number of nitrogens with one attached hydrogen (secondary N) is 2. The molecule has 170 valence electrons. The maximum Gasteiger partial charge on any atom is 0.225 e. The number of nitrogens with zero attached hydrogens (tertiary/aromatic N) is 3. The number of aliphatic imine (C=N–C) groups is 1. The lowest BCUT2D eigenvalue weighted by molar-refractivity contribution is -0.133. The van der Waals surface area contributed by atoms with E-state index in [1.807, 2.05) is 51.0 Å². The standard InChI is InChI=1S/C22H37N5O2.HI/c1-6-23-22(25-19-10-11-27(16-19)21(28)17(2)3)24-15-18-8-7-9-20(14-18)29-13-12-26(4)5;/h7-9,14,17,19H,6,10-13,15-16H2,1-5H3,(H2,23,24,25);1H. The number of hydrogen-bond donors (Lipinski definition) is 2. The number of rotatable bonds is 9. The Kier molecular flexibility index (Phi) is 12.1. The molecule has 1 aliphatic rings. The molecule has 0 saturated carbocycles. The summed E-state index contributed by atoms with van der Waals surface area (Å²) in [5.74, 6) is 1.93. The van der Waals surface area contributed by atoms with Gasteiger partial charge in [-0.3, -0.25) is 4.79 Å². The summed E-state index contributed by atoms with van der Waals surface area (Å²) >= 11 is 0. The number of guanidine groups is 1. The van der Waals surface area contributed by atoms with Crippen molar-refractivity contribution in [2.75, 3.05) is 46.9 Å². The Labute approximate surface area is 198 Å². The molecule has 0 aromatic heterocycles. The molecule has 1 aromatic rings. The maximum absolute atomic E-state index is 12.2. The van der Waals surface area contributed by atoms with Crippen LogP contribution in [-0.4, -0.2) is 74.6 Å². The Bertz CT molecular complexity index is 681. The fourth-order valence-electron chi connectivity index (χ4n) is 3.21. The van der Waals surface area contributed by atoms with Crippen LogP contribution in [0.1, 0.15) is 32.8 Å². The van der Waals surface area contributed by atoms with E-state index in [1.54, 1.807) is 0 Å². The lowest BCUT2D eigenvalue weighted by atomic mass is 10.2. The van der Waals surface area contributed by atoms with Gasteiger partial charge in [0.25, 0.3) is 0 Å². The van der Waals surface area contributed by atoms with E-state index in [4.69, 9.17) is 9.73 Å². The van der Waals surface area contributed by atoms with Crippen molar-refractivity contribution < 1.29 is 9.53 Å². The van der Waals surface area contributed by atoms with Crippen LogP contribution >= 0.6 is 24.0 Å². The van der Waals surface area contributed by atoms with Crippen LogP contribution in [-0.2, 0) is 11.3 Å². The van der Waals surface area contributed by atoms with Crippen LogP contribution < -0.4 is 15.4 Å². The number of benzene rings is 1. The highest BCUT2D eigenvalue weighted by Crippen LogP contribution is 2.15. The van der Waals surface area contributed by atoms with E-state index in [0.717, 1.165) is 49.9 Å². The molecule has 2 rings (SSSR count). The minimum atomic E-state index is 0. The zero-order valence-corrected chi connectivity index (χ0v) is 21.3. The van der Waals surface area contributed by atoms with Crippen LogP contribution in [0.5, 0.6) is 5.75 Å².